The number of nitriles is 1. The van der Waals surface area contributed by atoms with Gasteiger partial charge in [0.05, 0.1) is 31.5 Å². The van der Waals surface area contributed by atoms with E-state index in [-0.39, 0.29) is 5.97 Å². The van der Waals surface area contributed by atoms with Crippen LogP contribution < -0.4 is 4.90 Å². The fourth-order valence-electron chi connectivity index (χ4n) is 1.99. The molecule has 1 unspecified atom stereocenters. The molecule has 0 bridgehead atoms. The van der Waals surface area contributed by atoms with Crippen molar-refractivity contribution in [3.63, 3.8) is 0 Å². The van der Waals surface area contributed by atoms with Gasteiger partial charge in [0, 0.05) is 6.54 Å². The van der Waals surface area contributed by atoms with Gasteiger partial charge in [-0.1, -0.05) is 12.1 Å². The summed E-state index contributed by atoms with van der Waals surface area (Å²) in [6, 6.07) is 9.48. The number of methoxy groups -OCH3 is 1. The van der Waals surface area contributed by atoms with E-state index in [0.717, 1.165) is 5.69 Å². The topological polar surface area (TPSA) is 62.6 Å². The highest BCUT2D eigenvalue weighted by Crippen LogP contribution is 2.22. The third kappa shape index (κ3) is 2.44. The summed E-state index contributed by atoms with van der Waals surface area (Å²) < 4.78 is 10.0. The molecule has 1 aliphatic rings. The van der Waals surface area contributed by atoms with Crippen molar-refractivity contribution in [1.82, 2.24) is 0 Å². The summed E-state index contributed by atoms with van der Waals surface area (Å²) in [6.07, 6.45) is -0.588. The Balaban J connectivity index is 2.18. The number of nitrogens with zero attached hydrogens (tertiary/aromatic N) is 2. The fraction of sp³-hybridized carbons (Fsp3) is 0.385. The van der Waals surface area contributed by atoms with Crippen molar-refractivity contribution in [2.24, 2.45) is 0 Å². The van der Waals surface area contributed by atoms with Crippen LogP contribution in [0.5, 0.6) is 0 Å². The Kier molecular flexibility index (Phi) is 3.80. The first-order valence-electron chi connectivity index (χ1n) is 5.69. The normalized spacial score (nSPS) is 19.1. The lowest BCUT2D eigenvalue weighted by atomic mass is 10.1. The molecule has 5 nitrogen and oxygen atoms in total. The Bertz CT molecular complexity index is 481. The molecule has 0 N–H and O–H groups in total. The lowest BCUT2D eigenvalue weighted by Crippen LogP contribution is -2.46. The average molecular weight is 246 g/mol. The quantitative estimate of drug-likeness (QED) is 0.727. The second-order valence-electron chi connectivity index (χ2n) is 3.96. The highest BCUT2D eigenvalue weighted by atomic mass is 16.6. The number of anilines is 1. The number of carbonyl (C=O) groups is 1. The van der Waals surface area contributed by atoms with Gasteiger partial charge in [-0.05, 0) is 12.1 Å². The molecule has 1 fully saturated rings. The minimum absolute atomic E-state index is 0.380. The predicted octanol–water partition coefficient (Wildman–Crippen LogP) is 0.936. The Morgan fingerprint density at radius 1 is 1.56 bits per heavy atom. The van der Waals surface area contributed by atoms with E-state index in [2.05, 4.69) is 10.8 Å². The van der Waals surface area contributed by atoms with Crippen LogP contribution in [0.4, 0.5) is 5.69 Å². The van der Waals surface area contributed by atoms with Crippen molar-refractivity contribution in [2.75, 3.05) is 31.7 Å². The van der Waals surface area contributed by atoms with Gasteiger partial charge in [-0.15, -0.1) is 0 Å². The smallest absolute Gasteiger partial charge is 0.336 e. The maximum absolute atomic E-state index is 11.5. The van der Waals surface area contributed by atoms with Crippen LogP contribution in [0.25, 0.3) is 0 Å². The highest BCUT2D eigenvalue weighted by Gasteiger charge is 2.28. The monoisotopic (exact) mass is 246 g/mol. The number of esters is 1. The van der Waals surface area contributed by atoms with Crippen LogP contribution in [0.1, 0.15) is 5.56 Å². The number of carbonyl (C=O) groups excluding carboxylic acids is 1. The van der Waals surface area contributed by atoms with E-state index in [9.17, 15) is 4.79 Å². The number of hydrogen-bond donors (Lipinski definition) is 0. The van der Waals surface area contributed by atoms with Crippen molar-refractivity contribution >= 4 is 11.7 Å². The maximum Gasteiger partial charge on any atom is 0.336 e. The molecule has 1 aromatic rings. The SMILES string of the molecule is COC(=O)C1CN(c2ccccc2C#N)CCO1. The van der Waals surface area contributed by atoms with Crippen LogP contribution in [-0.4, -0.2) is 38.9 Å². The Labute approximate surface area is 106 Å². The van der Waals surface area contributed by atoms with Crippen LogP contribution in [0, 0.1) is 11.3 Å². The van der Waals surface area contributed by atoms with Gasteiger partial charge in [0.25, 0.3) is 0 Å². The van der Waals surface area contributed by atoms with Crippen molar-refractivity contribution < 1.29 is 14.3 Å². The second-order valence-corrected chi connectivity index (χ2v) is 3.96. The lowest BCUT2D eigenvalue weighted by molar-refractivity contribution is -0.154. The van der Waals surface area contributed by atoms with Gasteiger partial charge >= 0.3 is 5.97 Å². The van der Waals surface area contributed by atoms with Gasteiger partial charge < -0.3 is 14.4 Å². The first-order chi connectivity index (χ1) is 8.76. The van der Waals surface area contributed by atoms with Crippen molar-refractivity contribution in [1.29, 1.82) is 5.26 Å². The fourth-order valence-corrected chi connectivity index (χ4v) is 1.99. The molecule has 1 aromatic carbocycles. The molecular formula is C13H14N2O3. The number of ether oxygens (including phenoxy) is 2. The van der Waals surface area contributed by atoms with E-state index in [1.54, 1.807) is 6.07 Å². The average Bonchev–Trinajstić information content (AvgIpc) is 2.46. The van der Waals surface area contributed by atoms with Crippen molar-refractivity contribution in [3.05, 3.63) is 29.8 Å². The van der Waals surface area contributed by atoms with E-state index in [0.29, 0.717) is 25.3 Å². The van der Waals surface area contributed by atoms with Gasteiger partial charge in [-0.25, -0.2) is 4.79 Å². The summed E-state index contributed by atoms with van der Waals surface area (Å²) >= 11 is 0. The number of benzene rings is 1. The molecule has 1 heterocycles. The van der Waals surface area contributed by atoms with Crippen molar-refractivity contribution in [2.45, 2.75) is 6.10 Å². The van der Waals surface area contributed by atoms with Crippen LogP contribution in [0.2, 0.25) is 0 Å². The van der Waals surface area contributed by atoms with Gasteiger partial charge in [-0.3, -0.25) is 0 Å². The first-order valence-corrected chi connectivity index (χ1v) is 5.69. The molecule has 0 saturated carbocycles. The Hall–Kier alpha value is -2.06. The number of morpholine rings is 1. The Morgan fingerprint density at radius 2 is 2.33 bits per heavy atom. The first kappa shape index (κ1) is 12.4. The number of para-hydroxylation sites is 1. The molecule has 94 valence electrons. The summed E-state index contributed by atoms with van der Waals surface area (Å²) in [5.74, 6) is -0.380. The molecule has 0 radical (unpaired) electrons. The summed E-state index contributed by atoms with van der Waals surface area (Å²) in [6.45, 7) is 1.51. The van der Waals surface area contributed by atoms with Crippen LogP contribution in [-0.2, 0) is 14.3 Å². The molecule has 18 heavy (non-hydrogen) atoms. The van der Waals surface area contributed by atoms with E-state index >= 15 is 0 Å². The third-order valence-electron chi connectivity index (χ3n) is 2.90. The van der Waals surface area contributed by atoms with E-state index in [4.69, 9.17) is 10.00 Å². The molecule has 2 rings (SSSR count). The zero-order valence-electron chi connectivity index (χ0n) is 10.1. The van der Waals surface area contributed by atoms with E-state index in [1.165, 1.54) is 7.11 Å². The molecule has 0 amide bonds. The number of hydrogen-bond acceptors (Lipinski definition) is 5. The van der Waals surface area contributed by atoms with Crippen molar-refractivity contribution in [3.8, 4) is 6.07 Å². The number of rotatable bonds is 2. The zero-order valence-corrected chi connectivity index (χ0v) is 10.1. The standard InChI is InChI=1S/C13H14N2O3/c1-17-13(16)12-9-15(6-7-18-12)11-5-3-2-4-10(11)8-14/h2-5,12H,6-7,9H2,1H3. The minimum atomic E-state index is -0.588. The van der Waals surface area contributed by atoms with Crippen LogP contribution in [0.15, 0.2) is 24.3 Å². The molecular weight excluding hydrogens is 232 g/mol. The van der Waals surface area contributed by atoms with Crippen LogP contribution >= 0.6 is 0 Å². The third-order valence-corrected chi connectivity index (χ3v) is 2.90. The van der Waals surface area contributed by atoms with Crippen LogP contribution in [0.3, 0.4) is 0 Å². The summed E-state index contributed by atoms with van der Waals surface area (Å²) in [7, 11) is 1.34. The van der Waals surface area contributed by atoms with Gasteiger partial charge in [0.1, 0.15) is 6.07 Å². The van der Waals surface area contributed by atoms with Gasteiger partial charge in [-0.2, -0.15) is 5.26 Å². The molecule has 1 atom stereocenters. The summed E-state index contributed by atoms with van der Waals surface area (Å²) in [4.78, 5) is 13.4. The summed E-state index contributed by atoms with van der Waals surface area (Å²) in [5.41, 5.74) is 1.43. The molecule has 0 aliphatic carbocycles. The maximum atomic E-state index is 11.5. The molecule has 0 aromatic heterocycles. The van der Waals surface area contributed by atoms with Gasteiger partial charge in [0.2, 0.25) is 0 Å². The lowest BCUT2D eigenvalue weighted by Gasteiger charge is -2.33. The summed E-state index contributed by atoms with van der Waals surface area (Å²) in [5, 5.41) is 9.07. The minimum Gasteiger partial charge on any atom is -0.467 e. The second kappa shape index (κ2) is 5.52. The highest BCUT2D eigenvalue weighted by molar-refractivity contribution is 5.76. The van der Waals surface area contributed by atoms with E-state index in [1.807, 2.05) is 23.1 Å². The molecule has 1 saturated heterocycles. The van der Waals surface area contributed by atoms with Gasteiger partial charge in [0.15, 0.2) is 6.10 Å². The molecule has 1 aliphatic heterocycles. The predicted molar refractivity (Wildman–Crippen MR) is 65.1 cm³/mol. The Morgan fingerprint density at radius 3 is 3.06 bits per heavy atom. The van der Waals surface area contributed by atoms with E-state index < -0.39 is 6.10 Å². The molecule has 5 heteroatoms. The molecule has 0 spiro atoms. The largest absolute Gasteiger partial charge is 0.467 e. The zero-order chi connectivity index (χ0) is 13.0.